The molecule has 3 aromatic rings. The van der Waals surface area contributed by atoms with E-state index in [-0.39, 0.29) is 11.7 Å². The van der Waals surface area contributed by atoms with Gasteiger partial charge >= 0.3 is 0 Å². The molecule has 26 heavy (non-hydrogen) atoms. The Morgan fingerprint density at radius 3 is 2.54 bits per heavy atom. The highest BCUT2D eigenvalue weighted by Gasteiger charge is 2.11. The number of hydrogen-bond acceptors (Lipinski definition) is 4. The van der Waals surface area contributed by atoms with E-state index in [1.807, 2.05) is 18.2 Å². The minimum absolute atomic E-state index is 0.241. The molecule has 0 amide bonds. The third kappa shape index (κ3) is 5.19. The van der Waals surface area contributed by atoms with Crippen molar-refractivity contribution in [3.8, 4) is 11.6 Å². The standard InChI is InChI=1S/C20H18ClFN2OS/c1-13(2)18-11-19(25-17-5-3-4-15(21)10-17)24-20(23-18)26-12-14-6-8-16(22)9-7-14/h3-11,13H,12H2,1-2H3. The van der Waals surface area contributed by atoms with Crippen molar-refractivity contribution in [1.29, 1.82) is 0 Å². The molecule has 0 aliphatic rings. The van der Waals surface area contributed by atoms with Crippen LogP contribution >= 0.6 is 23.4 Å². The van der Waals surface area contributed by atoms with Crippen molar-refractivity contribution in [3.05, 3.63) is 76.7 Å². The van der Waals surface area contributed by atoms with Crippen LogP contribution in [0, 0.1) is 5.82 Å². The molecule has 0 unspecified atom stereocenters. The van der Waals surface area contributed by atoms with Crippen LogP contribution < -0.4 is 4.74 Å². The Morgan fingerprint density at radius 1 is 1.08 bits per heavy atom. The molecular formula is C20H18ClFN2OS. The SMILES string of the molecule is CC(C)c1cc(Oc2cccc(Cl)c2)nc(SCc2ccc(F)cc2)n1. The van der Waals surface area contributed by atoms with Crippen molar-refractivity contribution < 1.29 is 9.13 Å². The van der Waals surface area contributed by atoms with Crippen LogP contribution in [0.5, 0.6) is 11.6 Å². The van der Waals surface area contributed by atoms with Crippen molar-refractivity contribution >= 4 is 23.4 Å². The summed E-state index contributed by atoms with van der Waals surface area (Å²) < 4.78 is 18.9. The Labute approximate surface area is 161 Å². The molecule has 0 saturated heterocycles. The second kappa shape index (κ2) is 8.52. The summed E-state index contributed by atoms with van der Waals surface area (Å²) in [6.45, 7) is 4.14. The third-order valence-electron chi connectivity index (χ3n) is 3.59. The quantitative estimate of drug-likeness (QED) is 0.357. The fourth-order valence-electron chi connectivity index (χ4n) is 2.21. The van der Waals surface area contributed by atoms with E-state index >= 15 is 0 Å². The average Bonchev–Trinajstić information content (AvgIpc) is 2.61. The summed E-state index contributed by atoms with van der Waals surface area (Å²) in [5.41, 5.74) is 1.91. The number of aromatic nitrogens is 2. The Hall–Kier alpha value is -2.11. The largest absolute Gasteiger partial charge is 0.439 e. The normalized spacial score (nSPS) is 11.0. The summed E-state index contributed by atoms with van der Waals surface area (Å²) in [5, 5.41) is 1.23. The predicted molar refractivity (Wildman–Crippen MR) is 104 cm³/mol. The smallest absolute Gasteiger partial charge is 0.223 e. The molecule has 1 aromatic heterocycles. The summed E-state index contributed by atoms with van der Waals surface area (Å²) in [7, 11) is 0. The lowest BCUT2D eigenvalue weighted by atomic mass is 10.1. The molecule has 0 N–H and O–H groups in total. The van der Waals surface area contributed by atoms with Crippen LogP contribution in [0.25, 0.3) is 0 Å². The van der Waals surface area contributed by atoms with Crippen molar-refractivity contribution in [2.45, 2.75) is 30.7 Å². The van der Waals surface area contributed by atoms with Gasteiger partial charge in [-0.05, 0) is 41.8 Å². The molecule has 134 valence electrons. The lowest BCUT2D eigenvalue weighted by molar-refractivity contribution is 0.453. The van der Waals surface area contributed by atoms with E-state index < -0.39 is 0 Å². The summed E-state index contributed by atoms with van der Waals surface area (Å²) in [6, 6.07) is 15.5. The number of ether oxygens (including phenoxy) is 1. The molecule has 0 aliphatic carbocycles. The number of nitrogens with zero attached hydrogens (tertiary/aromatic N) is 2. The Morgan fingerprint density at radius 2 is 1.85 bits per heavy atom. The maximum absolute atomic E-state index is 13.0. The van der Waals surface area contributed by atoms with Gasteiger partial charge in [-0.2, -0.15) is 4.98 Å². The first-order chi connectivity index (χ1) is 12.5. The highest BCUT2D eigenvalue weighted by molar-refractivity contribution is 7.98. The van der Waals surface area contributed by atoms with Crippen LogP contribution in [0.1, 0.15) is 31.0 Å². The predicted octanol–water partition coefficient (Wildman–Crippen LogP) is 6.48. The molecule has 3 rings (SSSR count). The van der Waals surface area contributed by atoms with E-state index in [2.05, 4.69) is 23.8 Å². The van der Waals surface area contributed by atoms with Gasteiger partial charge in [-0.3, -0.25) is 0 Å². The number of hydrogen-bond donors (Lipinski definition) is 0. The Kier molecular flexibility index (Phi) is 6.12. The van der Waals surface area contributed by atoms with Gasteiger partial charge in [0.15, 0.2) is 5.16 Å². The number of rotatable bonds is 6. The minimum Gasteiger partial charge on any atom is -0.439 e. The van der Waals surface area contributed by atoms with Crippen molar-refractivity contribution in [2.75, 3.05) is 0 Å². The van der Waals surface area contributed by atoms with E-state index in [1.54, 1.807) is 24.3 Å². The zero-order valence-electron chi connectivity index (χ0n) is 14.4. The number of benzene rings is 2. The van der Waals surface area contributed by atoms with Gasteiger partial charge in [0, 0.05) is 16.8 Å². The fraction of sp³-hybridized carbons (Fsp3) is 0.200. The molecule has 0 spiro atoms. The highest BCUT2D eigenvalue weighted by atomic mass is 35.5. The molecular weight excluding hydrogens is 371 g/mol. The van der Waals surface area contributed by atoms with E-state index in [0.29, 0.717) is 27.6 Å². The molecule has 1 heterocycles. The van der Waals surface area contributed by atoms with E-state index in [1.165, 1.54) is 23.9 Å². The summed E-state index contributed by atoms with van der Waals surface area (Å²) in [6.07, 6.45) is 0. The van der Waals surface area contributed by atoms with Gasteiger partial charge in [-0.25, -0.2) is 9.37 Å². The zero-order valence-corrected chi connectivity index (χ0v) is 16.0. The lowest BCUT2D eigenvalue weighted by Crippen LogP contribution is -2.00. The highest BCUT2D eigenvalue weighted by Crippen LogP contribution is 2.28. The Balaban J connectivity index is 1.80. The van der Waals surface area contributed by atoms with Gasteiger partial charge in [0.25, 0.3) is 0 Å². The zero-order chi connectivity index (χ0) is 18.5. The van der Waals surface area contributed by atoms with Crippen LogP contribution in [0.4, 0.5) is 4.39 Å². The molecule has 0 fully saturated rings. The van der Waals surface area contributed by atoms with Crippen molar-refractivity contribution in [1.82, 2.24) is 9.97 Å². The maximum Gasteiger partial charge on any atom is 0.223 e. The summed E-state index contributed by atoms with van der Waals surface area (Å²) >= 11 is 7.50. The van der Waals surface area contributed by atoms with Gasteiger partial charge in [0.05, 0.1) is 5.69 Å². The van der Waals surface area contributed by atoms with Crippen molar-refractivity contribution in [2.24, 2.45) is 0 Å². The van der Waals surface area contributed by atoms with Crippen molar-refractivity contribution in [3.63, 3.8) is 0 Å². The first kappa shape index (κ1) is 18.7. The Bertz CT molecular complexity index is 887. The topological polar surface area (TPSA) is 35.0 Å². The molecule has 0 radical (unpaired) electrons. The second-order valence-electron chi connectivity index (χ2n) is 6.04. The molecule has 6 heteroatoms. The van der Waals surface area contributed by atoms with Gasteiger partial charge in [-0.1, -0.05) is 55.4 Å². The molecule has 0 atom stereocenters. The number of thioether (sulfide) groups is 1. The summed E-state index contributed by atoms with van der Waals surface area (Å²) in [5.74, 6) is 1.75. The fourth-order valence-corrected chi connectivity index (χ4v) is 3.21. The third-order valence-corrected chi connectivity index (χ3v) is 4.75. The molecule has 0 bridgehead atoms. The van der Waals surface area contributed by atoms with E-state index in [9.17, 15) is 4.39 Å². The van der Waals surface area contributed by atoms with Crippen LogP contribution in [0.15, 0.2) is 59.8 Å². The van der Waals surface area contributed by atoms with Crippen LogP contribution in [-0.4, -0.2) is 9.97 Å². The molecule has 3 nitrogen and oxygen atoms in total. The van der Waals surface area contributed by atoms with Gasteiger partial charge in [0.2, 0.25) is 5.88 Å². The first-order valence-corrected chi connectivity index (χ1v) is 9.55. The van der Waals surface area contributed by atoms with Gasteiger partial charge in [-0.15, -0.1) is 0 Å². The number of halogens is 2. The monoisotopic (exact) mass is 388 g/mol. The van der Waals surface area contributed by atoms with E-state index in [4.69, 9.17) is 16.3 Å². The van der Waals surface area contributed by atoms with Gasteiger partial charge in [0.1, 0.15) is 11.6 Å². The first-order valence-electron chi connectivity index (χ1n) is 8.19. The van der Waals surface area contributed by atoms with Gasteiger partial charge < -0.3 is 4.74 Å². The molecule has 0 saturated carbocycles. The molecule has 2 aromatic carbocycles. The van der Waals surface area contributed by atoms with E-state index in [0.717, 1.165) is 11.3 Å². The van der Waals surface area contributed by atoms with Crippen LogP contribution in [-0.2, 0) is 5.75 Å². The lowest BCUT2D eigenvalue weighted by Gasteiger charge is -2.11. The summed E-state index contributed by atoms with van der Waals surface area (Å²) in [4.78, 5) is 9.08. The maximum atomic E-state index is 13.0. The molecule has 0 aliphatic heterocycles. The van der Waals surface area contributed by atoms with Crippen LogP contribution in [0.2, 0.25) is 5.02 Å². The average molecular weight is 389 g/mol. The van der Waals surface area contributed by atoms with Crippen LogP contribution in [0.3, 0.4) is 0 Å². The minimum atomic E-state index is -0.242. The second-order valence-corrected chi connectivity index (χ2v) is 7.42.